The van der Waals surface area contributed by atoms with Crippen molar-refractivity contribution in [1.29, 1.82) is 0 Å². The molecular weight excluding hydrogens is 405 g/mol. The third-order valence-electron chi connectivity index (χ3n) is 6.26. The van der Waals surface area contributed by atoms with Crippen molar-refractivity contribution < 1.29 is 14.2 Å². The van der Waals surface area contributed by atoms with E-state index in [-0.39, 0.29) is 17.8 Å². The maximum atomic E-state index is 13.2. The van der Waals surface area contributed by atoms with Gasteiger partial charge in [-0.2, -0.15) is 0 Å². The van der Waals surface area contributed by atoms with Crippen molar-refractivity contribution >= 4 is 0 Å². The average molecular weight is 436 g/mol. The van der Waals surface area contributed by atoms with E-state index in [9.17, 15) is 9.50 Å². The smallest absolute Gasteiger partial charge is 0.125 e. The number of pyridine rings is 2. The molecule has 1 aliphatic rings. The predicted octanol–water partition coefficient (Wildman–Crippen LogP) is 4.45. The van der Waals surface area contributed by atoms with Crippen LogP contribution < -0.4 is 4.74 Å². The monoisotopic (exact) mass is 435 g/mol. The summed E-state index contributed by atoms with van der Waals surface area (Å²) in [5.41, 5.74) is 4.37. The van der Waals surface area contributed by atoms with Gasteiger partial charge in [-0.3, -0.25) is 14.9 Å². The number of benzene rings is 1. The van der Waals surface area contributed by atoms with E-state index in [1.807, 2.05) is 24.5 Å². The number of rotatable bonds is 8. The summed E-state index contributed by atoms with van der Waals surface area (Å²) in [5, 5.41) is 11.0. The lowest BCUT2D eigenvalue weighted by atomic mass is 10.0. The lowest BCUT2D eigenvalue weighted by molar-refractivity contribution is 0.0227. The van der Waals surface area contributed by atoms with Crippen molar-refractivity contribution in [2.45, 2.75) is 52.0 Å². The highest BCUT2D eigenvalue weighted by atomic mass is 19.1. The number of nitrogens with zero attached hydrogens (tertiary/aromatic N) is 3. The van der Waals surface area contributed by atoms with Crippen molar-refractivity contribution in [2.75, 3.05) is 6.54 Å². The fraction of sp³-hybridized carbons (Fsp3) is 0.385. The summed E-state index contributed by atoms with van der Waals surface area (Å²) in [6, 6.07) is 14.0. The molecule has 0 radical (unpaired) electrons. The van der Waals surface area contributed by atoms with Gasteiger partial charge < -0.3 is 9.84 Å². The second-order valence-corrected chi connectivity index (χ2v) is 8.64. The van der Waals surface area contributed by atoms with E-state index >= 15 is 0 Å². The summed E-state index contributed by atoms with van der Waals surface area (Å²) in [5.74, 6) is 0.363. The van der Waals surface area contributed by atoms with Crippen molar-refractivity contribution in [3.8, 4) is 5.75 Å². The molecule has 0 unspecified atom stereocenters. The lowest BCUT2D eigenvalue weighted by Gasteiger charge is -2.28. The standard InChI is InChI=1S/C26H30FN3O2/c1-18-5-3-13-28-23(18)16-30(17-24-19(2)6-4-14-29-24)15-20-7-12-25(26(20)31)32-22-10-8-21(27)9-11-22/h3-6,8-11,13-14,20,25-26,31H,7,12,15-17H2,1-2H3/t20-,25-,26-/m1/s1. The Labute approximate surface area is 188 Å². The van der Waals surface area contributed by atoms with Gasteiger partial charge in [-0.15, -0.1) is 0 Å². The molecule has 0 aliphatic heterocycles. The molecule has 0 saturated heterocycles. The Kier molecular flexibility index (Phi) is 7.12. The summed E-state index contributed by atoms with van der Waals surface area (Å²) in [6.45, 7) is 6.24. The van der Waals surface area contributed by atoms with E-state index in [4.69, 9.17) is 4.74 Å². The Morgan fingerprint density at radius 2 is 1.53 bits per heavy atom. The summed E-state index contributed by atoms with van der Waals surface area (Å²) >= 11 is 0. The van der Waals surface area contributed by atoms with Crippen molar-refractivity contribution in [3.05, 3.63) is 89.3 Å². The van der Waals surface area contributed by atoms with Crippen LogP contribution in [0.4, 0.5) is 4.39 Å². The number of aromatic nitrogens is 2. The number of aliphatic hydroxyl groups is 1. The van der Waals surface area contributed by atoms with Crippen LogP contribution in [0, 0.1) is 25.6 Å². The zero-order valence-corrected chi connectivity index (χ0v) is 18.6. The van der Waals surface area contributed by atoms with Gasteiger partial charge in [0, 0.05) is 37.9 Å². The molecule has 32 heavy (non-hydrogen) atoms. The third-order valence-corrected chi connectivity index (χ3v) is 6.26. The van der Waals surface area contributed by atoms with Crippen molar-refractivity contribution in [1.82, 2.24) is 14.9 Å². The first-order chi connectivity index (χ1) is 15.5. The molecule has 6 heteroatoms. The molecule has 4 rings (SSSR count). The predicted molar refractivity (Wildman–Crippen MR) is 122 cm³/mol. The van der Waals surface area contributed by atoms with Gasteiger partial charge in [-0.05, 0) is 74.2 Å². The second kappa shape index (κ2) is 10.2. The Morgan fingerprint density at radius 1 is 0.938 bits per heavy atom. The maximum absolute atomic E-state index is 13.2. The van der Waals surface area contributed by atoms with Crippen LogP contribution in [0.15, 0.2) is 60.9 Å². The molecule has 1 aromatic carbocycles. The third kappa shape index (κ3) is 5.50. The molecule has 1 saturated carbocycles. The number of aryl methyl sites for hydroxylation is 2. The lowest BCUT2D eigenvalue weighted by Crippen LogP contribution is -2.37. The number of aliphatic hydroxyl groups excluding tert-OH is 1. The quantitative estimate of drug-likeness (QED) is 0.566. The molecule has 0 bridgehead atoms. The van der Waals surface area contributed by atoms with E-state index < -0.39 is 6.10 Å². The second-order valence-electron chi connectivity index (χ2n) is 8.64. The maximum Gasteiger partial charge on any atom is 0.125 e. The van der Waals surface area contributed by atoms with E-state index in [1.165, 1.54) is 12.1 Å². The Hall–Kier alpha value is -2.83. The Balaban J connectivity index is 1.46. The first-order valence-electron chi connectivity index (χ1n) is 11.1. The summed E-state index contributed by atoms with van der Waals surface area (Å²) < 4.78 is 19.1. The molecule has 1 N–H and O–H groups in total. The molecule has 1 fully saturated rings. The van der Waals surface area contributed by atoms with Crippen molar-refractivity contribution in [3.63, 3.8) is 0 Å². The van der Waals surface area contributed by atoms with Crippen LogP contribution in [0.25, 0.3) is 0 Å². The largest absolute Gasteiger partial charge is 0.488 e. The summed E-state index contributed by atoms with van der Waals surface area (Å²) in [4.78, 5) is 11.5. The van der Waals surface area contributed by atoms with E-state index in [1.54, 1.807) is 12.1 Å². The minimum Gasteiger partial charge on any atom is -0.488 e. The minimum absolute atomic E-state index is 0.0773. The number of hydrogen-bond donors (Lipinski definition) is 1. The summed E-state index contributed by atoms with van der Waals surface area (Å²) in [6.07, 6.45) is 4.40. The van der Waals surface area contributed by atoms with Crippen LogP contribution in [0.1, 0.15) is 35.4 Å². The molecule has 2 aromatic heterocycles. The topological polar surface area (TPSA) is 58.5 Å². The molecule has 0 amide bonds. The van der Waals surface area contributed by atoms with Crippen LogP contribution in [0.3, 0.4) is 0 Å². The number of ether oxygens (including phenoxy) is 1. The average Bonchev–Trinajstić information content (AvgIpc) is 3.12. The first kappa shape index (κ1) is 22.4. The molecule has 3 aromatic rings. The summed E-state index contributed by atoms with van der Waals surface area (Å²) in [7, 11) is 0. The highest BCUT2D eigenvalue weighted by Crippen LogP contribution is 2.31. The molecule has 5 nitrogen and oxygen atoms in total. The molecule has 0 spiro atoms. The van der Waals surface area contributed by atoms with Gasteiger partial charge in [-0.25, -0.2) is 4.39 Å². The van der Waals surface area contributed by atoms with Gasteiger partial charge in [0.25, 0.3) is 0 Å². The minimum atomic E-state index is -0.586. The van der Waals surface area contributed by atoms with E-state index in [0.717, 1.165) is 41.9 Å². The number of hydrogen-bond acceptors (Lipinski definition) is 5. The van der Waals surface area contributed by atoms with Crippen molar-refractivity contribution in [2.24, 2.45) is 5.92 Å². The van der Waals surface area contributed by atoms with Gasteiger partial charge in [0.05, 0.1) is 17.5 Å². The van der Waals surface area contributed by atoms with Crippen LogP contribution in [0.5, 0.6) is 5.75 Å². The van der Waals surface area contributed by atoms with E-state index in [0.29, 0.717) is 18.8 Å². The zero-order valence-electron chi connectivity index (χ0n) is 18.6. The van der Waals surface area contributed by atoms with Crippen LogP contribution >= 0.6 is 0 Å². The zero-order chi connectivity index (χ0) is 22.5. The highest BCUT2D eigenvalue weighted by molar-refractivity contribution is 5.23. The fourth-order valence-corrected chi connectivity index (χ4v) is 4.35. The Bertz CT molecular complexity index is 980. The fourth-order valence-electron chi connectivity index (χ4n) is 4.35. The molecule has 1 aliphatic carbocycles. The van der Waals surface area contributed by atoms with Gasteiger partial charge in [0.1, 0.15) is 17.7 Å². The Morgan fingerprint density at radius 3 is 2.09 bits per heavy atom. The highest BCUT2D eigenvalue weighted by Gasteiger charge is 2.37. The number of halogens is 1. The molecule has 168 valence electrons. The molecule has 2 heterocycles. The van der Waals surface area contributed by atoms with Gasteiger partial charge in [0.2, 0.25) is 0 Å². The normalized spacial score (nSPS) is 20.6. The van der Waals surface area contributed by atoms with Crippen LogP contribution in [-0.4, -0.2) is 38.7 Å². The van der Waals surface area contributed by atoms with E-state index in [2.05, 4.69) is 40.8 Å². The van der Waals surface area contributed by atoms with Gasteiger partial charge >= 0.3 is 0 Å². The molecular formula is C26H30FN3O2. The van der Waals surface area contributed by atoms with Crippen LogP contribution in [0.2, 0.25) is 0 Å². The SMILES string of the molecule is Cc1cccnc1CN(Cc1ncccc1C)C[C@H]1CC[C@@H](Oc2ccc(F)cc2)[C@@H]1O. The first-order valence-corrected chi connectivity index (χ1v) is 11.1. The van der Waals surface area contributed by atoms with Crippen LogP contribution in [-0.2, 0) is 13.1 Å². The van der Waals surface area contributed by atoms with Gasteiger partial charge in [0.15, 0.2) is 0 Å². The molecule has 3 atom stereocenters. The van der Waals surface area contributed by atoms with Gasteiger partial charge in [-0.1, -0.05) is 12.1 Å².